The molecule has 0 radical (unpaired) electrons. The Morgan fingerprint density at radius 1 is 1.38 bits per heavy atom. The summed E-state index contributed by atoms with van der Waals surface area (Å²) in [6.07, 6.45) is 0. The summed E-state index contributed by atoms with van der Waals surface area (Å²) in [5.41, 5.74) is 2.00. The first kappa shape index (κ1) is 10.5. The summed E-state index contributed by atoms with van der Waals surface area (Å²) in [6.45, 7) is 3.87. The van der Waals surface area contributed by atoms with Gasteiger partial charge >= 0.3 is 5.97 Å². The quantitative estimate of drug-likeness (QED) is 0.362. The Balaban J connectivity index is 2.93. The fraction of sp³-hybridized carbons (Fsp3) is 0.300. The van der Waals surface area contributed by atoms with Gasteiger partial charge in [-0.15, -0.1) is 0 Å². The molecule has 0 aliphatic carbocycles. The highest BCUT2D eigenvalue weighted by atomic mass is 127. The van der Waals surface area contributed by atoms with E-state index in [1.165, 1.54) is 0 Å². The van der Waals surface area contributed by atoms with E-state index in [4.69, 9.17) is 4.74 Å². The van der Waals surface area contributed by atoms with Crippen LogP contribution >= 0.6 is 22.6 Å². The molecule has 1 aromatic carbocycles. The van der Waals surface area contributed by atoms with Crippen LogP contribution in [-0.2, 0) is 4.79 Å². The SMILES string of the molecule is Cc1cccc(C)c1OC(=O)CI. The van der Waals surface area contributed by atoms with Gasteiger partial charge in [0.2, 0.25) is 0 Å². The van der Waals surface area contributed by atoms with Crippen LogP contribution in [-0.4, -0.2) is 10.4 Å². The zero-order chi connectivity index (χ0) is 9.84. The second-order valence-corrected chi connectivity index (χ2v) is 3.59. The monoisotopic (exact) mass is 290 g/mol. The number of ether oxygens (including phenoxy) is 1. The van der Waals surface area contributed by atoms with Crippen molar-refractivity contribution in [3.05, 3.63) is 29.3 Å². The van der Waals surface area contributed by atoms with Crippen molar-refractivity contribution >= 4 is 28.6 Å². The molecule has 0 heterocycles. The fourth-order valence-corrected chi connectivity index (χ4v) is 1.26. The van der Waals surface area contributed by atoms with Gasteiger partial charge in [-0.05, 0) is 25.0 Å². The summed E-state index contributed by atoms with van der Waals surface area (Å²) in [7, 11) is 0. The average Bonchev–Trinajstić information content (AvgIpc) is 2.11. The molecule has 0 amide bonds. The molecule has 0 aliphatic rings. The van der Waals surface area contributed by atoms with Crippen molar-refractivity contribution in [2.24, 2.45) is 0 Å². The van der Waals surface area contributed by atoms with E-state index in [9.17, 15) is 4.79 Å². The van der Waals surface area contributed by atoms with Crippen LogP contribution in [0.1, 0.15) is 11.1 Å². The number of para-hydroxylation sites is 1. The number of benzene rings is 1. The number of halogens is 1. The van der Waals surface area contributed by atoms with Gasteiger partial charge in [-0.1, -0.05) is 40.8 Å². The summed E-state index contributed by atoms with van der Waals surface area (Å²) < 4.78 is 5.56. The molecule has 0 spiro atoms. The highest BCUT2D eigenvalue weighted by Gasteiger charge is 2.07. The Labute approximate surface area is 91.4 Å². The molecule has 70 valence electrons. The Bertz CT molecular complexity index is 300. The summed E-state index contributed by atoms with van der Waals surface area (Å²) in [5, 5.41) is 0. The molecule has 0 saturated carbocycles. The number of hydrogen-bond donors (Lipinski definition) is 0. The molecule has 0 aromatic heterocycles. The van der Waals surface area contributed by atoms with Crippen LogP contribution in [0.25, 0.3) is 0 Å². The number of aryl methyl sites for hydroxylation is 2. The molecule has 1 rings (SSSR count). The molecule has 0 atom stereocenters. The second-order valence-electron chi connectivity index (χ2n) is 2.83. The third-order valence-electron chi connectivity index (χ3n) is 1.73. The van der Waals surface area contributed by atoms with Gasteiger partial charge in [0.25, 0.3) is 0 Å². The highest BCUT2D eigenvalue weighted by Crippen LogP contribution is 2.22. The fourth-order valence-electron chi connectivity index (χ4n) is 1.10. The predicted octanol–water partition coefficient (Wildman–Crippen LogP) is 2.64. The maximum absolute atomic E-state index is 11.1. The van der Waals surface area contributed by atoms with Crippen LogP contribution < -0.4 is 4.74 Å². The first-order valence-electron chi connectivity index (χ1n) is 3.98. The third kappa shape index (κ3) is 2.69. The number of carbonyl (C=O) groups is 1. The van der Waals surface area contributed by atoms with E-state index in [0.29, 0.717) is 10.2 Å². The van der Waals surface area contributed by atoms with Crippen molar-refractivity contribution in [1.82, 2.24) is 0 Å². The smallest absolute Gasteiger partial charge is 0.321 e. The van der Waals surface area contributed by atoms with Crippen LogP contribution in [0.3, 0.4) is 0 Å². The topological polar surface area (TPSA) is 26.3 Å². The van der Waals surface area contributed by atoms with Gasteiger partial charge in [-0.3, -0.25) is 4.79 Å². The average molecular weight is 290 g/mol. The third-order valence-corrected chi connectivity index (χ3v) is 2.36. The Morgan fingerprint density at radius 3 is 2.38 bits per heavy atom. The molecule has 1 aromatic rings. The molecule has 13 heavy (non-hydrogen) atoms. The summed E-state index contributed by atoms with van der Waals surface area (Å²) in [6, 6.07) is 5.82. The lowest BCUT2D eigenvalue weighted by Crippen LogP contribution is -2.10. The molecule has 2 nitrogen and oxygen atoms in total. The van der Waals surface area contributed by atoms with Crippen molar-refractivity contribution in [2.75, 3.05) is 4.43 Å². The van der Waals surface area contributed by atoms with Crippen LogP contribution in [0, 0.1) is 13.8 Å². The Kier molecular flexibility index (Phi) is 3.71. The molecule has 0 unspecified atom stereocenters. The van der Waals surface area contributed by atoms with Crippen molar-refractivity contribution < 1.29 is 9.53 Å². The molecular formula is C10H11IO2. The van der Waals surface area contributed by atoms with Crippen LogP contribution in [0.5, 0.6) is 5.75 Å². The summed E-state index contributed by atoms with van der Waals surface area (Å²) in [4.78, 5) is 11.1. The zero-order valence-corrected chi connectivity index (χ0v) is 9.79. The standard InChI is InChI=1S/C10H11IO2/c1-7-4-3-5-8(2)10(7)13-9(12)6-11/h3-5H,6H2,1-2H3. The lowest BCUT2D eigenvalue weighted by Gasteiger charge is -2.08. The largest absolute Gasteiger partial charge is 0.425 e. The summed E-state index contributed by atoms with van der Waals surface area (Å²) in [5.74, 6) is 0.502. The number of esters is 1. The normalized spacial score (nSPS) is 9.77. The first-order valence-corrected chi connectivity index (χ1v) is 5.50. The maximum atomic E-state index is 11.1. The van der Waals surface area contributed by atoms with E-state index in [2.05, 4.69) is 0 Å². The van der Waals surface area contributed by atoms with Crippen LogP contribution in [0.4, 0.5) is 0 Å². The molecule has 0 fully saturated rings. The maximum Gasteiger partial charge on any atom is 0.321 e. The predicted molar refractivity (Wildman–Crippen MR) is 60.4 cm³/mol. The lowest BCUT2D eigenvalue weighted by molar-refractivity contribution is -0.131. The van der Waals surface area contributed by atoms with Crippen molar-refractivity contribution in [3.63, 3.8) is 0 Å². The van der Waals surface area contributed by atoms with Gasteiger partial charge < -0.3 is 4.74 Å². The van der Waals surface area contributed by atoms with E-state index < -0.39 is 0 Å². The number of carbonyl (C=O) groups excluding carboxylic acids is 1. The Morgan fingerprint density at radius 2 is 1.92 bits per heavy atom. The molecule has 0 bridgehead atoms. The van der Waals surface area contributed by atoms with E-state index in [1.54, 1.807) is 0 Å². The van der Waals surface area contributed by atoms with Gasteiger partial charge in [-0.25, -0.2) is 0 Å². The van der Waals surface area contributed by atoms with Gasteiger partial charge in [0.15, 0.2) is 0 Å². The van der Waals surface area contributed by atoms with Crippen molar-refractivity contribution in [2.45, 2.75) is 13.8 Å². The minimum Gasteiger partial charge on any atom is -0.425 e. The summed E-state index contributed by atoms with van der Waals surface area (Å²) >= 11 is 1.99. The molecule has 3 heteroatoms. The molecule has 0 N–H and O–H groups in total. The molecule has 0 aliphatic heterocycles. The number of hydrogen-bond acceptors (Lipinski definition) is 2. The van der Waals surface area contributed by atoms with Crippen molar-refractivity contribution in [3.8, 4) is 5.75 Å². The lowest BCUT2D eigenvalue weighted by atomic mass is 10.1. The van der Waals surface area contributed by atoms with E-state index >= 15 is 0 Å². The highest BCUT2D eigenvalue weighted by molar-refractivity contribution is 14.1. The molecular weight excluding hydrogens is 279 g/mol. The minimum atomic E-state index is -0.196. The first-order chi connectivity index (χ1) is 6.15. The number of rotatable bonds is 2. The van der Waals surface area contributed by atoms with E-state index in [0.717, 1.165) is 11.1 Å². The van der Waals surface area contributed by atoms with Gasteiger partial charge in [0.05, 0.1) is 4.43 Å². The van der Waals surface area contributed by atoms with E-state index in [1.807, 2.05) is 54.6 Å². The van der Waals surface area contributed by atoms with Crippen LogP contribution in [0.15, 0.2) is 18.2 Å². The minimum absolute atomic E-state index is 0.196. The van der Waals surface area contributed by atoms with Gasteiger partial charge in [0, 0.05) is 0 Å². The second kappa shape index (κ2) is 4.60. The van der Waals surface area contributed by atoms with Crippen LogP contribution in [0.2, 0.25) is 0 Å². The van der Waals surface area contributed by atoms with Crippen molar-refractivity contribution in [1.29, 1.82) is 0 Å². The Hall–Kier alpha value is -0.580. The van der Waals surface area contributed by atoms with E-state index in [-0.39, 0.29) is 5.97 Å². The number of alkyl halides is 1. The van der Waals surface area contributed by atoms with Gasteiger partial charge in [-0.2, -0.15) is 0 Å². The molecule has 0 saturated heterocycles. The van der Waals surface area contributed by atoms with Gasteiger partial charge in [0.1, 0.15) is 5.75 Å². The zero-order valence-electron chi connectivity index (χ0n) is 7.63.